The van der Waals surface area contributed by atoms with E-state index in [0.29, 0.717) is 24.2 Å². The Hall–Kier alpha value is -7.27. The lowest BCUT2D eigenvalue weighted by Gasteiger charge is -2.28. The van der Waals surface area contributed by atoms with Crippen LogP contribution in [0.3, 0.4) is 0 Å². The van der Waals surface area contributed by atoms with Crippen LogP contribution in [0.15, 0.2) is 29.3 Å². The van der Waals surface area contributed by atoms with Gasteiger partial charge in [-0.05, 0) is 100.0 Å². The van der Waals surface area contributed by atoms with Gasteiger partial charge in [0.2, 0.25) is 53.2 Å². The first-order chi connectivity index (χ1) is 36.1. The molecule has 1 aromatic carbocycles. The molecule has 0 radical (unpaired) electrons. The number of unbranched alkanes of at least 4 members (excludes halogenated alkanes) is 1. The third-order valence-electron chi connectivity index (χ3n) is 11.5. The lowest BCUT2D eigenvalue weighted by Crippen LogP contribution is -2.61. The van der Waals surface area contributed by atoms with Gasteiger partial charge in [-0.3, -0.25) is 52.9 Å². The molecule has 0 fully saturated rings. The van der Waals surface area contributed by atoms with E-state index in [0.717, 1.165) is 0 Å². The number of guanidine groups is 1. The van der Waals surface area contributed by atoms with Gasteiger partial charge in [-0.1, -0.05) is 39.8 Å². The number of aliphatic carboxylic acids is 2. The van der Waals surface area contributed by atoms with Crippen LogP contribution in [0, 0.1) is 11.8 Å². The second kappa shape index (κ2) is 35.1. The summed E-state index contributed by atoms with van der Waals surface area (Å²) in [5, 5.41) is 49.2. The number of nitrogens with zero attached hydrogens (tertiary/aromatic N) is 1. The molecule has 9 atom stereocenters. The van der Waals surface area contributed by atoms with E-state index in [1.165, 1.54) is 43.0 Å². The minimum atomic E-state index is -1.82. The molecule has 0 saturated heterocycles. The van der Waals surface area contributed by atoms with Gasteiger partial charge < -0.3 is 86.5 Å². The highest BCUT2D eigenvalue weighted by Crippen LogP contribution is 2.14. The third-order valence-corrected chi connectivity index (χ3v) is 12.1. The highest BCUT2D eigenvalue weighted by molar-refractivity contribution is 7.98. The number of amides is 9. The summed E-state index contributed by atoms with van der Waals surface area (Å²) in [6, 6.07) is -7.00. The van der Waals surface area contributed by atoms with E-state index in [9.17, 15) is 68.1 Å². The lowest BCUT2D eigenvalue weighted by atomic mass is 9.99. The molecule has 0 aliphatic heterocycles. The SMILES string of the molecule is CSCC[C@H](NC(=O)[C@@H](N)CC(N)=O)C(=O)N[C@@H](CC(=O)O)C(=O)N[C@@H](CCCN=C(N)N)C(=O)N[C@@H](C)C(=O)N[C@H](C(=O)N[C@@H](CCCCN)C(=O)N[C@@H](CC(C)C)C(=O)N[C@@H](Cc1ccc(O)cc1)C(=O)O)C(C)C. The Morgan fingerprint density at radius 3 is 1.60 bits per heavy atom. The number of aliphatic imine (C=N–C) groups is 1. The number of phenols is 1. The summed E-state index contributed by atoms with van der Waals surface area (Å²) >= 11 is 1.30. The van der Waals surface area contributed by atoms with Crippen molar-refractivity contribution in [3.05, 3.63) is 29.8 Å². The van der Waals surface area contributed by atoms with Crippen LogP contribution in [0.4, 0.5) is 0 Å². The maximum Gasteiger partial charge on any atom is 0.326 e. The smallest absolute Gasteiger partial charge is 0.326 e. The number of nitrogens with one attached hydrogen (secondary N) is 8. The number of phenolic OH excluding ortho intramolecular Hbond substituents is 1. The maximum atomic E-state index is 14.0. The molecule has 21 N–H and O–H groups in total. The van der Waals surface area contributed by atoms with Crippen molar-refractivity contribution in [3.63, 3.8) is 0 Å². The lowest BCUT2D eigenvalue weighted by molar-refractivity contribution is -0.142. The quantitative estimate of drug-likeness (QED) is 0.0173. The average Bonchev–Trinajstić information content (AvgIpc) is 3.33. The molecule has 29 heteroatoms. The van der Waals surface area contributed by atoms with Crippen LogP contribution in [0.25, 0.3) is 0 Å². The van der Waals surface area contributed by atoms with E-state index in [1.54, 1.807) is 34.0 Å². The Kier molecular flexibility index (Phi) is 30.9. The van der Waals surface area contributed by atoms with Crippen LogP contribution in [0.5, 0.6) is 5.75 Å². The predicted molar refractivity (Wildman–Crippen MR) is 285 cm³/mol. The number of nitrogens with two attached hydrogens (primary N) is 5. The number of rotatable bonds is 37. The van der Waals surface area contributed by atoms with Crippen molar-refractivity contribution in [2.75, 3.05) is 25.1 Å². The molecule has 0 aliphatic rings. The van der Waals surface area contributed by atoms with E-state index in [-0.39, 0.29) is 69.2 Å². The number of carboxylic acid groups (broad SMARTS) is 2. The molecule has 432 valence electrons. The first kappa shape index (κ1) is 67.7. The number of hydrogen-bond acceptors (Lipinski definition) is 16. The van der Waals surface area contributed by atoms with Gasteiger partial charge in [-0.2, -0.15) is 11.8 Å². The van der Waals surface area contributed by atoms with Crippen molar-refractivity contribution in [2.24, 2.45) is 45.5 Å². The minimum absolute atomic E-state index is 0.00859. The Morgan fingerprint density at radius 1 is 0.584 bits per heavy atom. The summed E-state index contributed by atoms with van der Waals surface area (Å²) in [7, 11) is 0. The number of aromatic hydroxyl groups is 1. The van der Waals surface area contributed by atoms with Crippen LogP contribution in [-0.2, 0) is 59.2 Å². The van der Waals surface area contributed by atoms with Crippen molar-refractivity contribution in [1.29, 1.82) is 0 Å². The first-order valence-corrected chi connectivity index (χ1v) is 26.4. The van der Waals surface area contributed by atoms with Gasteiger partial charge in [-0.15, -0.1) is 0 Å². The third kappa shape index (κ3) is 26.9. The van der Waals surface area contributed by atoms with Gasteiger partial charge in [0.05, 0.1) is 18.9 Å². The molecule has 0 heterocycles. The number of thioether (sulfide) groups is 1. The van der Waals surface area contributed by atoms with Crippen LogP contribution in [-0.4, -0.2) is 166 Å². The number of hydrogen-bond donors (Lipinski definition) is 16. The van der Waals surface area contributed by atoms with Gasteiger partial charge >= 0.3 is 11.9 Å². The maximum absolute atomic E-state index is 14.0. The minimum Gasteiger partial charge on any atom is -0.508 e. The van der Waals surface area contributed by atoms with Gasteiger partial charge in [0.1, 0.15) is 54.1 Å². The molecule has 9 amide bonds. The standard InChI is InChI=1S/C48H80N14O14S/c1-24(2)20-33(44(72)61-35(47(75)76)21-27-12-14-28(63)15-13-27)59-42(70)30(10-7-8-17-49)58-46(74)38(25(3)4)62-39(67)26(5)55-41(69)31(11-9-18-54-48(52)53)57-45(73)34(23-37(65)66)60-43(71)32(16-19-77-6)56-40(68)29(50)22-36(51)64/h12-15,24-26,29-35,38,63H,7-11,16-23,49-50H2,1-6H3,(H2,51,64)(H,55,69)(H,56,68)(H,57,73)(H,58,74)(H,59,70)(H,60,71)(H,61,72)(H,62,67)(H,65,66)(H,75,76)(H4,52,53,54)/t26-,29-,30-,31-,32-,33-,34-,35-,38-/m0/s1. The summed E-state index contributed by atoms with van der Waals surface area (Å²) in [5.41, 5.74) is 28.0. The van der Waals surface area contributed by atoms with Crippen LogP contribution >= 0.6 is 11.8 Å². The van der Waals surface area contributed by atoms with Crippen LogP contribution in [0.2, 0.25) is 0 Å². The van der Waals surface area contributed by atoms with Gasteiger partial charge in [0.25, 0.3) is 0 Å². The van der Waals surface area contributed by atoms with Crippen LogP contribution in [0.1, 0.15) is 98.0 Å². The highest BCUT2D eigenvalue weighted by Gasteiger charge is 2.36. The van der Waals surface area contributed by atoms with E-state index in [1.807, 2.05) is 0 Å². The van der Waals surface area contributed by atoms with E-state index >= 15 is 0 Å². The number of primary amides is 1. The Morgan fingerprint density at radius 2 is 1.08 bits per heavy atom. The summed E-state index contributed by atoms with van der Waals surface area (Å²) in [6.45, 7) is 8.27. The Balaban J connectivity index is 3.37. The van der Waals surface area contributed by atoms with Gasteiger partial charge in [0.15, 0.2) is 5.96 Å². The molecule has 0 aliphatic carbocycles. The van der Waals surface area contributed by atoms with Crippen molar-refractivity contribution < 1.29 is 68.1 Å². The van der Waals surface area contributed by atoms with Gasteiger partial charge in [-0.25, -0.2) is 4.79 Å². The van der Waals surface area contributed by atoms with E-state index < -0.39 is 138 Å². The summed E-state index contributed by atoms with van der Waals surface area (Å²) in [6.07, 6.45) is 0.845. The highest BCUT2D eigenvalue weighted by atomic mass is 32.2. The second-order valence-electron chi connectivity index (χ2n) is 19.1. The molecule has 0 unspecified atom stereocenters. The molecule has 0 spiro atoms. The largest absolute Gasteiger partial charge is 0.508 e. The molecular weight excluding hydrogens is 1030 g/mol. The fourth-order valence-corrected chi connectivity index (χ4v) is 7.80. The Labute approximate surface area is 451 Å². The fourth-order valence-electron chi connectivity index (χ4n) is 7.32. The zero-order valence-electron chi connectivity index (χ0n) is 44.4. The van der Waals surface area contributed by atoms with Crippen molar-refractivity contribution in [1.82, 2.24) is 42.5 Å². The van der Waals surface area contributed by atoms with Crippen LogP contribution < -0.4 is 71.2 Å². The summed E-state index contributed by atoms with van der Waals surface area (Å²) < 4.78 is 0. The molecule has 1 aromatic rings. The number of carboxylic acids is 2. The fraction of sp³-hybridized carbons (Fsp3) is 0.625. The van der Waals surface area contributed by atoms with Gasteiger partial charge in [0, 0.05) is 13.0 Å². The number of benzene rings is 1. The summed E-state index contributed by atoms with van der Waals surface area (Å²) in [5.74, 6) is -11.8. The molecule has 0 bridgehead atoms. The molecule has 0 aromatic heterocycles. The van der Waals surface area contributed by atoms with E-state index in [2.05, 4.69) is 47.5 Å². The molecule has 28 nitrogen and oxygen atoms in total. The van der Waals surface area contributed by atoms with Crippen molar-refractivity contribution >= 4 is 82.8 Å². The Bertz CT molecular complexity index is 2200. The van der Waals surface area contributed by atoms with Crippen molar-refractivity contribution in [3.8, 4) is 5.75 Å². The summed E-state index contributed by atoms with van der Waals surface area (Å²) in [4.78, 5) is 149. The zero-order valence-corrected chi connectivity index (χ0v) is 45.2. The second-order valence-corrected chi connectivity index (χ2v) is 20.0. The monoisotopic (exact) mass is 1110 g/mol. The first-order valence-electron chi connectivity index (χ1n) is 25.0. The molecule has 0 saturated carbocycles. The number of carbonyl (C=O) groups excluding carboxylic acids is 9. The normalized spacial score (nSPS) is 14.6. The zero-order chi connectivity index (χ0) is 58.5. The topological polar surface area (TPSA) is 487 Å². The molecule has 1 rings (SSSR count). The van der Waals surface area contributed by atoms with Crippen molar-refractivity contribution in [2.45, 2.75) is 153 Å². The molecular formula is C48H80N14O14S. The van der Waals surface area contributed by atoms with E-state index in [4.69, 9.17) is 28.7 Å². The number of carbonyl (C=O) groups is 11. The average molecular weight is 1110 g/mol. The predicted octanol–water partition coefficient (Wildman–Crippen LogP) is -3.77. The molecule has 77 heavy (non-hydrogen) atoms.